The Kier molecular flexibility index (Phi) is 8.22. The molecule has 0 unspecified atom stereocenters. The van der Waals surface area contributed by atoms with Crippen LogP contribution in [0.1, 0.15) is 30.4 Å². The molecule has 0 bridgehead atoms. The standard InChI is InChI=1S/C17H23N3O3/c1-13-5-3-6-14(2)17(13)23-12-4-7-15(21)19-10-11-20-16(22)8-9-18/h3,5-6H,4,7-8,10-12H2,1-2H3,(H,19,21)(H,20,22). The van der Waals surface area contributed by atoms with Gasteiger partial charge in [0.2, 0.25) is 11.8 Å². The number of carbonyl (C=O) groups excluding carboxylic acids is 2. The number of nitrogens with zero attached hydrogens (tertiary/aromatic N) is 1. The van der Waals surface area contributed by atoms with E-state index >= 15 is 0 Å². The van der Waals surface area contributed by atoms with Crippen molar-refractivity contribution < 1.29 is 14.3 Å². The number of hydrogen-bond acceptors (Lipinski definition) is 4. The lowest BCUT2D eigenvalue weighted by molar-refractivity contribution is -0.122. The molecule has 23 heavy (non-hydrogen) atoms. The zero-order valence-electron chi connectivity index (χ0n) is 13.6. The molecule has 0 saturated heterocycles. The Balaban J connectivity index is 2.13. The van der Waals surface area contributed by atoms with Crippen molar-refractivity contribution in [2.75, 3.05) is 19.7 Å². The molecule has 0 aromatic heterocycles. The lowest BCUT2D eigenvalue weighted by Crippen LogP contribution is -2.34. The number of hydrogen-bond donors (Lipinski definition) is 2. The van der Waals surface area contributed by atoms with Crippen molar-refractivity contribution in [2.45, 2.75) is 33.1 Å². The number of benzene rings is 1. The van der Waals surface area contributed by atoms with Crippen LogP contribution in [0.5, 0.6) is 5.75 Å². The zero-order chi connectivity index (χ0) is 17.1. The average Bonchev–Trinajstić information content (AvgIpc) is 2.50. The van der Waals surface area contributed by atoms with Crippen molar-refractivity contribution in [1.29, 1.82) is 5.26 Å². The first-order valence-corrected chi connectivity index (χ1v) is 7.64. The molecule has 0 radical (unpaired) electrons. The quantitative estimate of drug-likeness (QED) is 0.677. The van der Waals surface area contributed by atoms with Gasteiger partial charge in [-0.1, -0.05) is 18.2 Å². The zero-order valence-corrected chi connectivity index (χ0v) is 13.6. The summed E-state index contributed by atoms with van der Waals surface area (Å²) in [5.41, 5.74) is 2.17. The molecule has 0 spiro atoms. The van der Waals surface area contributed by atoms with Crippen LogP contribution in [0.4, 0.5) is 0 Å². The maximum Gasteiger partial charge on any atom is 0.234 e. The van der Waals surface area contributed by atoms with E-state index in [2.05, 4.69) is 10.6 Å². The first kappa shape index (κ1) is 18.5. The monoisotopic (exact) mass is 317 g/mol. The molecule has 0 saturated carbocycles. The third kappa shape index (κ3) is 7.32. The Bertz CT molecular complexity index is 559. The van der Waals surface area contributed by atoms with Crippen molar-refractivity contribution in [3.63, 3.8) is 0 Å². The molecule has 0 aliphatic rings. The highest BCUT2D eigenvalue weighted by atomic mass is 16.5. The highest BCUT2D eigenvalue weighted by molar-refractivity contribution is 5.78. The van der Waals surface area contributed by atoms with Crippen LogP contribution in [0.25, 0.3) is 0 Å². The summed E-state index contributed by atoms with van der Waals surface area (Å²) < 4.78 is 5.73. The Morgan fingerprint density at radius 1 is 1.13 bits per heavy atom. The molecule has 0 aliphatic carbocycles. The number of rotatable bonds is 9. The van der Waals surface area contributed by atoms with Crippen LogP contribution < -0.4 is 15.4 Å². The molecule has 0 heterocycles. The number of nitrogens with one attached hydrogen (secondary N) is 2. The van der Waals surface area contributed by atoms with Gasteiger partial charge in [0.25, 0.3) is 0 Å². The minimum atomic E-state index is -0.330. The molecule has 0 aliphatic heterocycles. The van der Waals surface area contributed by atoms with E-state index in [4.69, 9.17) is 10.00 Å². The Labute approximate surface area is 136 Å². The van der Waals surface area contributed by atoms with E-state index in [9.17, 15) is 9.59 Å². The molecule has 124 valence electrons. The summed E-state index contributed by atoms with van der Waals surface area (Å²) in [5, 5.41) is 13.6. The number of carbonyl (C=O) groups is 2. The molecule has 6 heteroatoms. The van der Waals surface area contributed by atoms with Crippen molar-refractivity contribution in [1.82, 2.24) is 10.6 Å². The molecule has 1 aromatic carbocycles. The first-order valence-electron chi connectivity index (χ1n) is 7.64. The van der Waals surface area contributed by atoms with E-state index in [-0.39, 0.29) is 18.2 Å². The third-order valence-corrected chi connectivity index (χ3v) is 3.21. The second-order valence-corrected chi connectivity index (χ2v) is 5.21. The van der Waals surface area contributed by atoms with Crippen molar-refractivity contribution in [2.24, 2.45) is 0 Å². The van der Waals surface area contributed by atoms with Crippen LogP contribution in [0.15, 0.2) is 18.2 Å². The van der Waals surface area contributed by atoms with E-state index in [0.717, 1.165) is 16.9 Å². The maximum atomic E-state index is 11.6. The summed E-state index contributed by atoms with van der Waals surface area (Å²) in [6.07, 6.45) is 0.834. The topological polar surface area (TPSA) is 91.2 Å². The van der Waals surface area contributed by atoms with Crippen molar-refractivity contribution in [3.05, 3.63) is 29.3 Å². The minimum Gasteiger partial charge on any atom is -0.493 e. The molecule has 0 atom stereocenters. The number of aryl methyl sites for hydroxylation is 2. The van der Waals surface area contributed by atoms with E-state index < -0.39 is 0 Å². The van der Waals surface area contributed by atoms with Crippen LogP contribution in [-0.2, 0) is 9.59 Å². The van der Waals surface area contributed by atoms with Crippen molar-refractivity contribution in [3.8, 4) is 11.8 Å². The summed E-state index contributed by atoms with van der Waals surface area (Å²) in [4.78, 5) is 22.7. The van der Waals surface area contributed by atoms with Gasteiger partial charge in [0.1, 0.15) is 12.2 Å². The summed E-state index contributed by atoms with van der Waals surface area (Å²) in [7, 11) is 0. The fourth-order valence-electron chi connectivity index (χ4n) is 2.06. The highest BCUT2D eigenvalue weighted by Crippen LogP contribution is 2.22. The van der Waals surface area contributed by atoms with Gasteiger partial charge < -0.3 is 15.4 Å². The van der Waals surface area contributed by atoms with Gasteiger partial charge in [-0.05, 0) is 31.4 Å². The van der Waals surface area contributed by atoms with Gasteiger partial charge in [0, 0.05) is 19.5 Å². The highest BCUT2D eigenvalue weighted by Gasteiger charge is 2.05. The molecular weight excluding hydrogens is 294 g/mol. The summed E-state index contributed by atoms with van der Waals surface area (Å²) in [5.74, 6) is 0.474. The SMILES string of the molecule is Cc1cccc(C)c1OCCCC(=O)NCCNC(=O)CC#N. The lowest BCUT2D eigenvalue weighted by atomic mass is 10.1. The van der Waals surface area contributed by atoms with Gasteiger partial charge in [-0.15, -0.1) is 0 Å². The predicted octanol–water partition coefficient (Wildman–Crippen LogP) is 1.61. The molecule has 2 N–H and O–H groups in total. The summed E-state index contributed by atoms with van der Waals surface area (Å²) in [6, 6.07) is 7.74. The number of para-hydroxylation sites is 1. The number of ether oxygens (including phenoxy) is 1. The largest absolute Gasteiger partial charge is 0.493 e. The third-order valence-electron chi connectivity index (χ3n) is 3.21. The van der Waals surface area contributed by atoms with E-state index in [1.54, 1.807) is 6.07 Å². The van der Waals surface area contributed by atoms with Gasteiger partial charge in [-0.3, -0.25) is 9.59 Å². The predicted molar refractivity (Wildman–Crippen MR) is 86.9 cm³/mol. The second kappa shape index (κ2) is 10.2. The molecule has 1 rings (SSSR count). The summed E-state index contributed by atoms with van der Waals surface area (Å²) >= 11 is 0. The van der Waals surface area contributed by atoms with Crippen LogP contribution in [0.3, 0.4) is 0 Å². The van der Waals surface area contributed by atoms with Gasteiger partial charge in [0.15, 0.2) is 0 Å². The van der Waals surface area contributed by atoms with Crippen LogP contribution in [-0.4, -0.2) is 31.5 Å². The Morgan fingerprint density at radius 2 is 1.74 bits per heavy atom. The van der Waals surface area contributed by atoms with Gasteiger partial charge >= 0.3 is 0 Å². The molecule has 1 aromatic rings. The van der Waals surface area contributed by atoms with Crippen molar-refractivity contribution >= 4 is 11.8 Å². The Hall–Kier alpha value is -2.55. The minimum absolute atomic E-state index is 0.0790. The van der Waals surface area contributed by atoms with Gasteiger partial charge in [-0.25, -0.2) is 0 Å². The van der Waals surface area contributed by atoms with Crippen LogP contribution >= 0.6 is 0 Å². The van der Waals surface area contributed by atoms with E-state index in [1.165, 1.54) is 0 Å². The Morgan fingerprint density at radius 3 is 2.35 bits per heavy atom. The average molecular weight is 317 g/mol. The molecule has 0 fully saturated rings. The number of nitriles is 1. The van der Waals surface area contributed by atoms with Gasteiger partial charge in [-0.2, -0.15) is 5.26 Å². The first-order chi connectivity index (χ1) is 11.0. The van der Waals surface area contributed by atoms with E-state index in [1.807, 2.05) is 32.0 Å². The smallest absolute Gasteiger partial charge is 0.234 e. The fraction of sp³-hybridized carbons (Fsp3) is 0.471. The molecule has 6 nitrogen and oxygen atoms in total. The van der Waals surface area contributed by atoms with Crippen LogP contribution in [0.2, 0.25) is 0 Å². The van der Waals surface area contributed by atoms with Gasteiger partial charge in [0.05, 0.1) is 12.7 Å². The molecule has 2 amide bonds. The fourth-order valence-corrected chi connectivity index (χ4v) is 2.06. The maximum absolute atomic E-state index is 11.6. The summed E-state index contributed by atoms with van der Waals surface area (Å²) in [6.45, 7) is 5.15. The van der Waals surface area contributed by atoms with Crippen LogP contribution in [0, 0.1) is 25.2 Å². The molecular formula is C17H23N3O3. The second-order valence-electron chi connectivity index (χ2n) is 5.21. The number of amides is 2. The normalized spacial score (nSPS) is 9.78. The van der Waals surface area contributed by atoms with E-state index in [0.29, 0.717) is 32.5 Å². The lowest BCUT2D eigenvalue weighted by Gasteiger charge is -2.11.